The summed E-state index contributed by atoms with van der Waals surface area (Å²) in [5.41, 5.74) is 0. The fourth-order valence-electron chi connectivity index (χ4n) is 2.31. The van der Waals surface area contributed by atoms with E-state index in [1.54, 1.807) is 4.68 Å². The zero-order chi connectivity index (χ0) is 12.1. The first-order chi connectivity index (χ1) is 8.31. The second-order valence-corrected chi connectivity index (χ2v) is 4.74. The van der Waals surface area contributed by atoms with Gasteiger partial charge in [0.1, 0.15) is 0 Å². The van der Waals surface area contributed by atoms with Crippen LogP contribution < -0.4 is 10.2 Å². The Balaban J connectivity index is 1.76. The first-order valence-corrected chi connectivity index (χ1v) is 6.49. The van der Waals surface area contributed by atoms with Gasteiger partial charge in [0.25, 0.3) is 0 Å². The quantitative estimate of drug-likeness (QED) is 0.754. The van der Waals surface area contributed by atoms with Crippen LogP contribution in [0.3, 0.4) is 0 Å². The average molecular weight is 238 g/mol. The summed E-state index contributed by atoms with van der Waals surface area (Å²) in [6.45, 7) is 6.61. The summed E-state index contributed by atoms with van der Waals surface area (Å²) in [7, 11) is 1.89. The van der Waals surface area contributed by atoms with E-state index in [1.165, 1.54) is 19.3 Å². The highest BCUT2D eigenvalue weighted by Crippen LogP contribution is 2.20. The molecule has 0 bridgehead atoms. The van der Waals surface area contributed by atoms with Crippen LogP contribution in [0.1, 0.15) is 26.2 Å². The van der Waals surface area contributed by atoms with Gasteiger partial charge in [-0.15, -0.1) is 0 Å². The van der Waals surface area contributed by atoms with Crippen LogP contribution in [0, 0.1) is 5.92 Å². The Hall–Kier alpha value is -1.17. The van der Waals surface area contributed by atoms with Crippen LogP contribution in [0.2, 0.25) is 0 Å². The molecule has 1 saturated heterocycles. The summed E-state index contributed by atoms with van der Waals surface area (Å²) < 4.78 is 1.75. The van der Waals surface area contributed by atoms with E-state index in [0.29, 0.717) is 0 Å². The van der Waals surface area contributed by atoms with Gasteiger partial charge in [-0.3, -0.25) is 0 Å². The van der Waals surface area contributed by atoms with E-state index in [0.717, 1.165) is 38.0 Å². The second kappa shape index (κ2) is 5.95. The van der Waals surface area contributed by atoms with Gasteiger partial charge in [0.2, 0.25) is 5.95 Å². The first-order valence-electron chi connectivity index (χ1n) is 6.49. The molecule has 0 amide bonds. The minimum atomic E-state index is 0.805. The SMILES string of the molecule is CCCNCC1CCN(c2nnnn2C)CC1. The molecule has 1 aromatic heterocycles. The lowest BCUT2D eigenvalue weighted by Crippen LogP contribution is -2.38. The van der Waals surface area contributed by atoms with Crippen molar-refractivity contribution in [3.63, 3.8) is 0 Å². The van der Waals surface area contributed by atoms with Crippen LogP contribution in [0.4, 0.5) is 5.95 Å². The summed E-state index contributed by atoms with van der Waals surface area (Å²) in [5, 5.41) is 15.1. The molecule has 0 unspecified atom stereocenters. The molecule has 2 heterocycles. The number of hydrogen-bond acceptors (Lipinski definition) is 5. The van der Waals surface area contributed by atoms with Crippen molar-refractivity contribution in [3.8, 4) is 0 Å². The number of nitrogens with zero attached hydrogens (tertiary/aromatic N) is 5. The van der Waals surface area contributed by atoms with Crippen LogP contribution in [-0.4, -0.2) is 46.4 Å². The monoisotopic (exact) mass is 238 g/mol. The Morgan fingerprint density at radius 1 is 1.35 bits per heavy atom. The predicted octanol–water partition coefficient (Wildman–Crippen LogP) is 0.426. The van der Waals surface area contributed by atoms with Gasteiger partial charge in [-0.1, -0.05) is 12.0 Å². The summed E-state index contributed by atoms with van der Waals surface area (Å²) >= 11 is 0. The minimum absolute atomic E-state index is 0.805. The number of nitrogens with one attached hydrogen (secondary N) is 1. The minimum Gasteiger partial charge on any atom is -0.340 e. The summed E-state index contributed by atoms with van der Waals surface area (Å²) in [5.74, 6) is 1.70. The number of piperidine rings is 1. The number of aromatic nitrogens is 4. The van der Waals surface area contributed by atoms with Gasteiger partial charge in [0.05, 0.1) is 0 Å². The maximum Gasteiger partial charge on any atom is 0.245 e. The van der Waals surface area contributed by atoms with E-state index in [1.807, 2.05) is 7.05 Å². The van der Waals surface area contributed by atoms with Gasteiger partial charge in [-0.2, -0.15) is 0 Å². The molecule has 0 aliphatic carbocycles. The van der Waals surface area contributed by atoms with Crippen molar-refractivity contribution in [1.29, 1.82) is 0 Å². The van der Waals surface area contributed by atoms with Crippen LogP contribution in [0.5, 0.6) is 0 Å². The Morgan fingerprint density at radius 3 is 2.71 bits per heavy atom. The standard InChI is InChI=1S/C11H22N6/c1-3-6-12-9-10-4-7-17(8-5-10)11-13-14-15-16(11)2/h10,12H,3-9H2,1-2H3. The van der Waals surface area contributed by atoms with Crippen molar-refractivity contribution in [2.75, 3.05) is 31.1 Å². The third kappa shape index (κ3) is 3.15. The predicted molar refractivity (Wildman–Crippen MR) is 66.9 cm³/mol. The fourth-order valence-corrected chi connectivity index (χ4v) is 2.31. The smallest absolute Gasteiger partial charge is 0.245 e. The number of anilines is 1. The van der Waals surface area contributed by atoms with Crippen molar-refractivity contribution < 1.29 is 0 Å². The molecule has 1 aliphatic rings. The third-order valence-electron chi connectivity index (χ3n) is 3.35. The average Bonchev–Trinajstić information content (AvgIpc) is 2.77. The number of aryl methyl sites for hydroxylation is 1. The van der Waals surface area contributed by atoms with E-state index in [-0.39, 0.29) is 0 Å². The van der Waals surface area contributed by atoms with E-state index >= 15 is 0 Å². The van der Waals surface area contributed by atoms with E-state index in [9.17, 15) is 0 Å². The Bertz CT molecular complexity index is 328. The van der Waals surface area contributed by atoms with Crippen LogP contribution >= 0.6 is 0 Å². The van der Waals surface area contributed by atoms with Crippen LogP contribution in [-0.2, 0) is 7.05 Å². The number of hydrogen-bond donors (Lipinski definition) is 1. The van der Waals surface area contributed by atoms with Crippen molar-refractivity contribution in [3.05, 3.63) is 0 Å². The molecule has 96 valence electrons. The van der Waals surface area contributed by atoms with Gasteiger partial charge in [0, 0.05) is 20.1 Å². The molecule has 0 spiro atoms. The molecule has 1 fully saturated rings. The molecule has 1 N–H and O–H groups in total. The van der Waals surface area contributed by atoms with E-state index in [4.69, 9.17) is 0 Å². The molecule has 6 heteroatoms. The lowest BCUT2D eigenvalue weighted by atomic mass is 9.97. The van der Waals surface area contributed by atoms with Gasteiger partial charge in [0.15, 0.2) is 0 Å². The highest BCUT2D eigenvalue weighted by Gasteiger charge is 2.21. The van der Waals surface area contributed by atoms with Crippen LogP contribution in [0.15, 0.2) is 0 Å². The number of rotatable bonds is 5. The Kier molecular flexibility index (Phi) is 4.30. The molecule has 6 nitrogen and oxygen atoms in total. The maximum absolute atomic E-state index is 4.05. The van der Waals surface area contributed by atoms with Crippen molar-refractivity contribution >= 4 is 5.95 Å². The van der Waals surface area contributed by atoms with Gasteiger partial charge in [-0.25, -0.2) is 4.68 Å². The molecule has 1 aliphatic heterocycles. The molecular formula is C11H22N6. The molecule has 0 radical (unpaired) electrons. The Morgan fingerprint density at radius 2 is 2.12 bits per heavy atom. The van der Waals surface area contributed by atoms with E-state index < -0.39 is 0 Å². The van der Waals surface area contributed by atoms with Gasteiger partial charge in [-0.05, 0) is 48.7 Å². The van der Waals surface area contributed by atoms with Gasteiger partial charge < -0.3 is 10.2 Å². The summed E-state index contributed by atoms with van der Waals surface area (Å²) in [4.78, 5) is 2.27. The van der Waals surface area contributed by atoms with Crippen LogP contribution in [0.25, 0.3) is 0 Å². The Labute approximate surface area is 102 Å². The topological polar surface area (TPSA) is 58.9 Å². The van der Waals surface area contributed by atoms with E-state index in [2.05, 4.69) is 32.7 Å². The van der Waals surface area contributed by atoms with Crippen molar-refractivity contribution in [2.45, 2.75) is 26.2 Å². The third-order valence-corrected chi connectivity index (χ3v) is 3.35. The van der Waals surface area contributed by atoms with Crippen molar-refractivity contribution in [2.24, 2.45) is 13.0 Å². The second-order valence-electron chi connectivity index (χ2n) is 4.74. The molecule has 0 aromatic carbocycles. The normalized spacial score (nSPS) is 17.6. The molecular weight excluding hydrogens is 216 g/mol. The highest BCUT2D eigenvalue weighted by molar-refractivity contribution is 5.28. The zero-order valence-corrected chi connectivity index (χ0v) is 10.8. The largest absolute Gasteiger partial charge is 0.340 e. The molecule has 1 aromatic rings. The molecule has 0 saturated carbocycles. The van der Waals surface area contributed by atoms with Crippen molar-refractivity contribution in [1.82, 2.24) is 25.5 Å². The summed E-state index contributed by atoms with van der Waals surface area (Å²) in [6, 6.07) is 0. The molecule has 2 rings (SSSR count). The molecule has 0 atom stereocenters. The molecule has 17 heavy (non-hydrogen) atoms. The zero-order valence-electron chi connectivity index (χ0n) is 10.8. The lowest BCUT2D eigenvalue weighted by molar-refractivity contribution is 0.379. The van der Waals surface area contributed by atoms with Gasteiger partial charge >= 0.3 is 0 Å². The highest BCUT2D eigenvalue weighted by atomic mass is 15.6. The number of tetrazole rings is 1. The summed E-state index contributed by atoms with van der Waals surface area (Å²) in [6.07, 6.45) is 3.66. The first kappa shape index (κ1) is 12.3. The lowest BCUT2D eigenvalue weighted by Gasteiger charge is -2.31. The fraction of sp³-hybridized carbons (Fsp3) is 0.909. The maximum atomic E-state index is 4.05.